The second kappa shape index (κ2) is 4.77. The van der Waals surface area contributed by atoms with Crippen LogP contribution in [0.3, 0.4) is 0 Å². The summed E-state index contributed by atoms with van der Waals surface area (Å²) in [5.74, 6) is 0.613. The van der Waals surface area contributed by atoms with E-state index >= 15 is 0 Å². The molecule has 20 heavy (non-hydrogen) atoms. The van der Waals surface area contributed by atoms with Crippen LogP contribution in [0.15, 0.2) is 18.2 Å². The molecule has 0 aliphatic carbocycles. The van der Waals surface area contributed by atoms with E-state index in [2.05, 4.69) is 9.97 Å². The third kappa shape index (κ3) is 3.12. The highest BCUT2D eigenvalue weighted by molar-refractivity contribution is 5.76. The number of halogens is 3. The molecule has 1 aromatic carbocycles. The third-order valence-electron chi connectivity index (χ3n) is 3.38. The van der Waals surface area contributed by atoms with Gasteiger partial charge in [-0.2, -0.15) is 13.2 Å². The molecular formula is C14H18F3N3. The molecule has 3 N–H and O–H groups in total. The smallest absolute Gasteiger partial charge is 0.342 e. The van der Waals surface area contributed by atoms with Crippen LogP contribution in [0.5, 0.6) is 0 Å². The van der Waals surface area contributed by atoms with Crippen molar-refractivity contribution in [3.63, 3.8) is 0 Å². The second-order valence-electron chi connectivity index (χ2n) is 6.09. The van der Waals surface area contributed by atoms with E-state index in [1.165, 1.54) is 6.07 Å². The number of aromatic amines is 1. The molecule has 0 bridgehead atoms. The second-order valence-corrected chi connectivity index (χ2v) is 6.09. The molecular weight excluding hydrogens is 267 g/mol. The quantitative estimate of drug-likeness (QED) is 0.887. The summed E-state index contributed by atoms with van der Waals surface area (Å²) in [5, 5.41) is 0. The van der Waals surface area contributed by atoms with E-state index in [4.69, 9.17) is 5.73 Å². The number of hydrogen-bond acceptors (Lipinski definition) is 2. The first-order valence-corrected chi connectivity index (χ1v) is 6.39. The molecule has 1 atom stereocenters. The van der Waals surface area contributed by atoms with Gasteiger partial charge in [-0.25, -0.2) is 4.98 Å². The van der Waals surface area contributed by atoms with Gasteiger partial charge in [0.1, 0.15) is 5.82 Å². The monoisotopic (exact) mass is 285 g/mol. The van der Waals surface area contributed by atoms with E-state index in [-0.39, 0.29) is 11.5 Å². The molecule has 0 aliphatic rings. The van der Waals surface area contributed by atoms with Crippen LogP contribution >= 0.6 is 0 Å². The summed E-state index contributed by atoms with van der Waals surface area (Å²) in [7, 11) is 0. The Morgan fingerprint density at radius 3 is 2.45 bits per heavy atom. The van der Waals surface area contributed by atoms with Gasteiger partial charge >= 0.3 is 6.18 Å². The van der Waals surface area contributed by atoms with E-state index in [0.29, 0.717) is 23.3 Å². The molecule has 6 heteroatoms. The molecule has 0 saturated heterocycles. The molecule has 0 saturated carbocycles. The number of alkyl halides is 3. The molecule has 1 unspecified atom stereocenters. The lowest BCUT2D eigenvalue weighted by Gasteiger charge is -2.26. The first-order chi connectivity index (χ1) is 9.07. The lowest BCUT2D eigenvalue weighted by atomic mass is 9.85. The number of benzene rings is 1. The number of hydrogen-bond donors (Lipinski definition) is 2. The average molecular weight is 285 g/mol. The van der Waals surface area contributed by atoms with Gasteiger partial charge in [0.05, 0.1) is 16.6 Å². The maximum Gasteiger partial charge on any atom is 0.416 e. The summed E-state index contributed by atoms with van der Waals surface area (Å²) in [6.45, 7) is 6.05. The zero-order valence-electron chi connectivity index (χ0n) is 11.7. The van der Waals surface area contributed by atoms with Crippen molar-refractivity contribution in [2.45, 2.75) is 39.4 Å². The first-order valence-electron chi connectivity index (χ1n) is 6.39. The zero-order chi connectivity index (χ0) is 15.1. The Hall–Kier alpha value is -1.56. The molecule has 1 aromatic heterocycles. The summed E-state index contributed by atoms with van der Waals surface area (Å²) in [4.78, 5) is 7.21. The van der Waals surface area contributed by atoms with Crippen LogP contribution in [-0.2, 0) is 12.6 Å². The van der Waals surface area contributed by atoms with Crippen molar-refractivity contribution in [1.29, 1.82) is 0 Å². The normalized spacial score (nSPS) is 14.8. The van der Waals surface area contributed by atoms with E-state index in [0.717, 1.165) is 12.1 Å². The Balaban J connectivity index is 2.30. The van der Waals surface area contributed by atoms with E-state index in [1.54, 1.807) is 0 Å². The van der Waals surface area contributed by atoms with Crippen LogP contribution in [0.4, 0.5) is 13.2 Å². The summed E-state index contributed by atoms with van der Waals surface area (Å²) in [6.07, 6.45) is -3.85. The number of fused-ring (bicyclic) bond motifs is 1. The number of aromatic nitrogens is 2. The summed E-state index contributed by atoms with van der Waals surface area (Å²) in [5.41, 5.74) is 6.20. The SMILES string of the molecule is CC(C)(C)C(N)Cc1nc2ccc(C(F)(F)F)cc2[nH]1. The highest BCUT2D eigenvalue weighted by Gasteiger charge is 2.30. The van der Waals surface area contributed by atoms with Gasteiger partial charge in [-0.15, -0.1) is 0 Å². The van der Waals surface area contributed by atoms with Crippen LogP contribution < -0.4 is 5.73 Å². The fourth-order valence-electron chi connectivity index (χ4n) is 1.85. The van der Waals surface area contributed by atoms with Crippen LogP contribution in [0.1, 0.15) is 32.2 Å². The highest BCUT2D eigenvalue weighted by atomic mass is 19.4. The molecule has 3 nitrogen and oxygen atoms in total. The van der Waals surface area contributed by atoms with Gasteiger partial charge in [0.2, 0.25) is 0 Å². The van der Waals surface area contributed by atoms with Crippen molar-refractivity contribution in [3.8, 4) is 0 Å². The number of nitrogens with one attached hydrogen (secondary N) is 1. The van der Waals surface area contributed by atoms with Gasteiger partial charge < -0.3 is 10.7 Å². The van der Waals surface area contributed by atoms with Crippen molar-refractivity contribution in [1.82, 2.24) is 9.97 Å². The van der Waals surface area contributed by atoms with Crippen LogP contribution in [0.2, 0.25) is 0 Å². The van der Waals surface area contributed by atoms with Gasteiger partial charge in [-0.3, -0.25) is 0 Å². The number of rotatable bonds is 2. The molecule has 0 fully saturated rings. The molecule has 110 valence electrons. The van der Waals surface area contributed by atoms with Crippen LogP contribution in [0.25, 0.3) is 11.0 Å². The minimum absolute atomic E-state index is 0.0872. The van der Waals surface area contributed by atoms with Crippen LogP contribution in [0, 0.1) is 5.41 Å². The van der Waals surface area contributed by atoms with Crippen LogP contribution in [-0.4, -0.2) is 16.0 Å². The predicted molar refractivity (Wildman–Crippen MR) is 72.2 cm³/mol. The molecule has 0 radical (unpaired) electrons. The summed E-state index contributed by atoms with van der Waals surface area (Å²) >= 11 is 0. The number of H-pyrrole nitrogens is 1. The van der Waals surface area contributed by atoms with Gasteiger partial charge in [0.25, 0.3) is 0 Å². The zero-order valence-corrected chi connectivity index (χ0v) is 11.7. The summed E-state index contributed by atoms with van der Waals surface area (Å²) < 4.78 is 37.9. The maximum atomic E-state index is 12.6. The first kappa shape index (κ1) is 14.8. The fraction of sp³-hybridized carbons (Fsp3) is 0.500. The topological polar surface area (TPSA) is 54.7 Å². The van der Waals surface area contributed by atoms with Crippen molar-refractivity contribution >= 4 is 11.0 Å². The van der Waals surface area contributed by atoms with Crippen molar-refractivity contribution in [3.05, 3.63) is 29.6 Å². The number of nitrogens with zero attached hydrogens (tertiary/aromatic N) is 1. The number of nitrogens with two attached hydrogens (primary N) is 1. The Kier molecular flexibility index (Phi) is 3.54. The molecule has 2 aromatic rings. The van der Waals surface area contributed by atoms with E-state index in [1.807, 2.05) is 20.8 Å². The fourth-order valence-corrected chi connectivity index (χ4v) is 1.85. The molecule has 1 heterocycles. The minimum atomic E-state index is -4.35. The van der Waals surface area contributed by atoms with Gasteiger partial charge in [-0.05, 0) is 23.6 Å². The largest absolute Gasteiger partial charge is 0.416 e. The Morgan fingerprint density at radius 1 is 1.25 bits per heavy atom. The molecule has 0 spiro atoms. The minimum Gasteiger partial charge on any atom is -0.342 e. The Morgan fingerprint density at radius 2 is 1.90 bits per heavy atom. The van der Waals surface area contributed by atoms with E-state index < -0.39 is 11.7 Å². The lowest BCUT2D eigenvalue weighted by molar-refractivity contribution is -0.137. The van der Waals surface area contributed by atoms with Crippen molar-refractivity contribution < 1.29 is 13.2 Å². The number of imidazole rings is 1. The predicted octanol–water partition coefficient (Wildman–Crippen LogP) is 3.50. The third-order valence-corrected chi connectivity index (χ3v) is 3.38. The molecule has 0 amide bonds. The Labute approximate surface area is 115 Å². The van der Waals surface area contributed by atoms with Gasteiger partial charge in [-0.1, -0.05) is 20.8 Å². The van der Waals surface area contributed by atoms with Gasteiger partial charge in [0, 0.05) is 12.5 Å². The standard InChI is InChI=1S/C14H18F3N3/c1-13(2,3)11(18)7-12-19-9-5-4-8(14(15,16)17)6-10(9)20-12/h4-6,11H,7,18H2,1-3H3,(H,19,20). The average Bonchev–Trinajstić information content (AvgIpc) is 2.67. The lowest BCUT2D eigenvalue weighted by Crippen LogP contribution is -2.37. The highest BCUT2D eigenvalue weighted by Crippen LogP contribution is 2.31. The van der Waals surface area contributed by atoms with Crippen molar-refractivity contribution in [2.75, 3.05) is 0 Å². The summed E-state index contributed by atoms with van der Waals surface area (Å²) in [6, 6.07) is 3.37. The maximum absolute atomic E-state index is 12.6. The molecule has 0 aliphatic heterocycles. The van der Waals surface area contributed by atoms with Gasteiger partial charge in [0.15, 0.2) is 0 Å². The van der Waals surface area contributed by atoms with Crippen molar-refractivity contribution in [2.24, 2.45) is 11.1 Å². The Bertz CT molecular complexity index is 608. The van der Waals surface area contributed by atoms with E-state index in [9.17, 15) is 13.2 Å². The molecule has 2 rings (SSSR count).